The monoisotopic (exact) mass is 309 g/mol. The summed E-state index contributed by atoms with van der Waals surface area (Å²) in [5, 5.41) is 8.17. The van der Waals surface area contributed by atoms with Crippen LogP contribution in [0.5, 0.6) is 0 Å². The molecule has 0 saturated carbocycles. The summed E-state index contributed by atoms with van der Waals surface area (Å²) in [7, 11) is 0. The predicted molar refractivity (Wildman–Crippen MR) is 87.8 cm³/mol. The van der Waals surface area contributed by atoms with E-state index in [2.05, 4.69) is 35.1 Å². The van der Waals surface area contributed by atoms with Crippen molar-refractivity contribution in [2.45, 2.75) is 57.2 Å². The molecule has 1 N–H and O–H groups in total. The molecule has 1 aromatic heterocycles. The van der Waals surface area contributed by atoms with Crippen LogP contribution in [0, 0.1) is 0 Å². The third kappa shape index (κ3) is 3.46. The summed E-state index contributed by atoms with van der Waals surface area (Å²) in [6.07, 6.45) is 8.84. The average Bonchev–Trinajstić information content (AvgIpc) is 3.15. The first kappa shape index (κ1) is 15.4. The molecule has 2 fully saturated rings. The van der Waals surface area contributed by atoms with E-state index in [0.29, 0.717) is 12.1 Å². The lowest BCUT2D eigenvalue weighted by molar-refractivity contribution is -0.0778. The Morgan fingerprint density at radius 1 is 1.62 bits per heavy atom. The smallest absolute Gasteiger partial charge is 0.0800 e. The standard InChI is InChI=1S/C16H27N3OS/c1-3-6-17-13(2)14-10-18-19(11-14)15-4-7-20-16(9-15)5-8-21-12-16/h10-11,13,15,17H,3-9,12H2,1-2H3. The number of nitrogens with one attached hydrogen (secondary N) is 1. The van der Waals surface area contributed by atoms with Crippen LogP contribution in [0.4, 0.5) is 0 Å². The van der Waals surface area contributed by atoms with Gasteiger partial charge >= 0.3 is 0 Å². The van der Waals surface area contributed by atoms with Gasteiger partial charge in [-0.3, -0.25) is 4.68 Å². The Labute approximate surface area is 132 Å². The lowest BCUT2D eigenvalue weighted by Gasteiger charge is -2.37. The summed E-state index contributed by atoms with van der Waals surface area (Å²) in [6, 6.07) is 0.888. The summed E-state index contributed by atoms with van der Waals surface area (Å²) in [5.41, 5.74) is 1.43. The molecule has 3 heterocycles. The van der Waals surface area contributed by atoms with Gasteiger partial charge in [0, 0.05) is 30.2 Å². The van der Waals surface area contributed by atoms with E-state index in [1.165, 1.54) is 24.2 Å². The van der Waals surface area contributed by atoms with Crippen molar-refractivity contribution < 1.29 is 4.74 Å². The second-order valence-corrected chi connectivity index (χ2v) is 7.52. The molecule has 2 aliphatic heterocycles. The van der Waals surface area contributed by atoms with Crippen LogP contribution < -0.4 is 5.32 Å². The second kappa shape index (κ2) is 6.71. The molecular weight excluding hydrogens is 282 g/mol. The molecule has 2 saturated heterocycles. The Hall–Kier alpha value is -0.520. The summed E-state index contributed by atoms with van der Waals surface area (Å²) in [6.45, 7) is 6.36. The van der Waals surface area contributed by atoms with Crippen molar-refractivity contribution in [3.63, 3.8) is 0 Å². The Morgan fingerprint density at radius 2 is 2.52 bits per heavy atom. The lowest BCUT2D eigenvalue weighted by Crippen LogP contribution is -2.40. The van der Waals surface area contributed by atoms with Gasteiger partial charge in [0.05, 0.1) is 17.8 Å². The van der Waals surface area contributed by atoms with Crippen LogP contribution in [0.25, 0.3) is 0 Å². The maximum atomic E-state index is 6.11. The van der Waals surface area contributed by atoms with Gasteiger partial charge in [0.15, 0.2) is 0 Å². The minimum absolute atomic E-state index is 0.131. The van der Waals surface area contributed by atoms with Gasteiger partial charge in [0.25, 0.3) is 0 Å². The van der Waals surface area contributed by atoms with Gasteiger partial charge in [-0.15, -0.1) is 0 Å². The minimum atomic E-state index is 0.131. The number of nitrogens with zero attached hydrogens (tertiary/aromatic N) is 2. The molecule has 3 atom stereocenters. The van der Waals surface area contributed by atoms with Crippen LogP contribution in [0.2, 0.25) is 0 Å². The molecule has 3 unspecified atom stereocenters. The highest BCUT2D eigenvalue weighted by Crippen LogP contribution is 2.41. The van der Waals surface area contributed by atoms with E-state index in [1.54, 1.807) is 0 Å². The molecular formula is C16H27N3OS. The lowest BCUT2D eigenvalue weighted by atomic mass is 9.90. The maximum absolute atomic E-state index is 6.11. The van der Waals surface area contributed by atoms with Crippen LogP contribution in [-0.2, 0) is 4.74 Å². The Kier molecular flexibility index (Phi) is 4.92. The molecule has 118 valence electrons. The van der Waals surface area contributed by atoms with Gasteiger partial charge in [0.1, 0.15) is 0 Å². The zero-order valence-corrected chi connectivity index (χ0v) is 14.0. The Bertz CT molecular complexity index is 456. The number of thioether (sulfide) groups is 1. The molecule has 3 rings (SSSR count). The predicted octanol–water partition coefficient (Wildman–Crippen LogP) is 3.17. The zero-order chi connectivity index (χ0) is 14.7. The van der Waals surface area contributed by atoms with Crippen LogP contribution >= 0.6 is 11.8 Å². The molecule has 2 aliphatic rings. The number of ether oxygens (including phenoxy) is 1. The minimum Gasteiger partial charge on any atom is -0.374 e. The summed E-state index contributed by atoms with van der Waals surface area (Å²) >= 11 is 2.03. The molecule has 0 bridgehead atoms. The van der Waals surface area contributed by atoms with Crippen LogP contribution in [-0.4, -0.2) is 40.0 Å². The first-order valence-electron chi connectivity index (χ1n) is 8.21. The van der Waals surface area contributed by atoms with Gasteiger partial charge in [-0.2, -0.15) is 16.9 Å². The average molecular weight is 309 g/mol. The molecule has 1 aromatic rings. The van der Waals surface area contributed by atoms with Crippen molar-refractivity contribution in [2.75, 3.05) is 24.7 Å². The van der Waals surface area contributed by atoms with Gasteiger partial charge in [0.2, 0.25) is 0 Å². The molecule has 5 heteroatoms. The van der Waals surface area contributed by atoms with E-state index >= 15 is 0 Å². The van der Waals surface area contributed by atoms with Crippen molar-refractivity contribution in [3.8, 4) is 0 Å². The third-order valence-electron chi connectivity index (χ3n) is 4.73. The van der Waals surface area contributed by atoms with Crippen LogP contribution in [0.15, 0.2) is 12.4 Å². The SMILES string of the molecule is CCCNC(C)c1cnn(C2CCOC3(CCSC3)C2)c1. The van der Waals surface area contributed by atoms with Crippen molar-refractivity contribution in [3.05, 3.63) is 18.0 Å². The zero-order valence-electron chi connectivity index (χ0n) is 13.2. The van der Waals surface area contributed by atoms with E-state index < -0.39 is 0 Å². The van der Waals surface area contributed by atoms with E-state index in [9.17, 15) is 0 Å². The highest BCUT2D eigenvalue weighted by atomic mass is 32.2. The van der Waals surface area contributed by atoms with Gasteiger partial charge in [-0.1, -0.05) is 6.92 Å². The quantitative estimate of drug-likeness (QED) is 0.907. The van der Waals surface area contributed by atoms with Crippen molar-refractivity contribution in [2.24, 2.45) is 0 Å². The first-order valence-corrected chi connectivity index (χ1v) is 9.37. The fraction of sp³-hybridized carbons (Fsp3) is 0.812. The molecule has 21 heavy (non-hydrogen) atoms. The largest absolute Gasteiger partial charge is 0.374 e. The summed E-state index contributed by atoms with van der Waals surface area (Å²) in [4.78, 5) is 0. The van der Waals surface area contributed by atoms with Crippen molar-refractivity contribution in [1.29, 1.82) is 0 Å². The Balaban J connectivity index is 1.65. The maximum Gasteiger partial charge on any atom is 0.0800 e. The van der Waals surface area contributed by atoms with Gasteiger partial charge < -0.3 is 10.1 Å². The number of rotatable bonds is 5. The fourth-order valence-corrected chi connectivity index (χ4v) is 4.72. The summed E-state index contributed by atoms with van der Waals surface area (Å²) < 4.78 is 8.30. The normalized spacial score (nSPS) is 30.9. The fourth-order valence-electron chi connectivity index (χ4n) is 3.35. The first-order chi connectivity index (χ1) is 10.2. The number of hydrogen-bond donors (Lipinski definition) is 1. The van der Waals surface area contributed by atoms with Gasteiger partial charge in [-0.05, 0) is 44.9 Å². The van der Waals surface area contributed by atoms with Gasteiger partial charge in [-0.25, -0.2) is 0 Å². The molecule has 0 aromatic carbocycles. The molecule has 0 radical (unpaired) electrons. The van der Waals surface area contributed by atoms with Crippen LogP contribution in [0.3, 0.4) is 0 Å². The highest BCUT2D eigenvalue weighted by Gasteiger charge is 2.41. The second-order valence-electron chi connectivity index (χ2n) is 6.41. The van der Waals surface area contributed by atoms with E-state index in [4.69, 9.17) is 4.74 Å². The van der Waals surface area contributed by atoms with E-state index in [0.717, 1.165) is 31.7 Å². The third-order valence-corrected chi connectivity index (χ3v) is 5.95. The van der Waals surface area contributed by atoms with Crippen molar-refractivity contribution >= 4 is 11.8 Å². The van der Waals surface area contributed by atoms with Crippen molar-refractivity contribution in [1.82, 2.24) is 15.1 Å². The number of hydrogen-bond acceptors (Lipinski definition) is 4. The topological polar surface area (TPSA) is 39.1 Å². The number of aromatic nitrogens is 2. The molecule has 0 amide bonds. The van der Waals surface area contributed by atoms with E-state index in [-0.39, 0.29) is 5.60 Å². The highest BCUT2D eigenvalue weighted by molar-refractivity contribution is 7.99. The van der Waals surface area contributed by atoms with Crippen LogP contribution in [0.1, 0.15) is 57.2 Å². The Morgan fingerprint density at radius 3 is 3.29 bits per heavy atom. The van der Waals surface area contributed by atoms with E-state index in [1.807, 2.05) is 18.0 Å². The molecule has 4 nitrogen and oxygen atoms in total. The summed E-state index contributed by atoms with van der Waals surface area (Å²) in [5.74, 6) is 2.40. The molecule has 1 spiro atoms. The molecule has 0 aliphatic carbocycles.